The van der Waals surface area contributed by atoms with E-state index in [0.717, 1.165) is 0 Å². The summed E-state index contributed by atoms with van der Waals surface area (Å²) in [6.45, 7) is -0.674. The zero-order chi connectivity index (χ0) is 20.6. The quantitative estimate of drug-likeness (QED) is 0.165. The average molecular weight is 719 g/mol. The van der Waals surface area contributed by atoms with Crippen molar-refractivity contribution in [3.05, 3.63) is 21.8 Å². The summed E-state index contributed by atoms with van der Waals surface area (Å²) in [7, 11) is 0. The minimum Gasteiger partial charge on any atom is -0.395 e. The number of aliphatic hydroxyl groups excluding tert-OH is 4. The van der Waals surface area contributed by atoms with Crippen LogP contribution in [0.5, 0.6) is 0 Å². The standard InChI is InChI=1S/C15H20I3N3O6/c16-10-8(14(26)20-2-4-23)11(17)13(19-1-3-22)12(18)9(10)15(27)21-5-7(25)6-24/h7,19,22-25H,1-6H2,(H,20,26)(H,21,27). The summed E-state index contributed by atoms with van der Waals surface area (Å²) in [5.41, 5.74) is 1.06. The number of carbonyl (C=O) groups excluding carboxylic acids is 2. The topological polar surface area (TPSA) is 151 Å². The molecule has 0 fully saturated rings. The molecule has 2 amide bonds. The van der Waals surface area contributed by atoms with Crippen LogP contribution in [0.1, 0.15) is 20.7 Å². The van der Waals surface area contributed by atoms with Gasteiger partial charge in [0.2, 0.25) is 0 Å². The molecule has 0 aromatic heterocycles. The summed E-state index contributed by atoms with van der Waals surface area (Å²) in [6.07, 6.45) is -1.09. The van der Waals surface area contributed by atoms with Gasteiger partial charge in [0.25, 0.3) is 11.8 Å². The Hall–Kier alpha value is -0.0100. The lowest BCUT2D eigenvalue weighted by molar-refractivity contribution is 0.0801. The molecule has 0 aliphatic carbocycles. The number of nitrogens with one attached hydrogen (secondary N) is 3. The van der Waals surface area contributed by atoms with Gasteiger partial charge in [-0.15, -0.1) is 0 Å². The van der Waals surface area contributed by atoms with Crippen molar-refractivity contribution in [1.29, 1.82) is 0 Å². The van der Waals surface area contributed by atoms with Gasteiger partial charge in [0, 0.05) is 23.2 Å². The van der Waals surface area contributed by atoms with Gasteiger partial charge in [-0.3, -0.25) is 9.59 Å². The van der Waals surface area contributed by atoms with Crippen LogP contribution in [0.2, 0.25) is 0 Å². The van der Waals surface area contributed by atoms with E-state index in [9.17, 15) is 14.7 Å². The molecule has 0 aliphatic heterocycles. The molecule has 1 aromatic rings. The van der Waals surface area contributed by atoms with Crippen LogP contribution in [0.25, 0.3) is 0 Å². The van der Waals surface area contributed by atoms with Crippen molar-refractivity contribution in [1.82, 2.24) is 10.6 Å². The Morgan fingerprint density at radius 1 is 0.852 bits per heavy atom. The lowest BCUT2D eigenvalue weighted by Crippen LogP contribution is -2.36. The molecule has 0 saturated carbocycles. The molecular formula is C15H20I3N3O6. The van der Waals surface area contributed by atoms with Crippen molar-refractivity contribution in [3.63, 3.8) is 0 Å². The molecule has 0 bridgehead atoms. The van der Waals surface area contributed by atoms with Gasteiger partial charge >= 0.3 is 0 Å². The van der Waals surface area contributed by atoms with Crippen molar-refractivity contribution in [2.24, 2.45) is 0 Å². The molecule has 0 saturated heterocycles. The van der Waals surface area contributed by atoms with Gasteiger partial charge in [-0.1, -0.05) is 0 Å². The molecule has 1 unspecified atom stereocenters. The van der Waals surface area contributed by atoms with Crippen LogP contribution in [-0.2, 0) is 0 Å². The number of anilines is 1. The Kier molecular flexibility index (Phi) is 11.6. The van der Waals surface area contributed by atoms with Gasteiger partial charge in [-0.2, -0.15) is 0 Å². The Bertz CT molecular complexity index is 689. The number of benzene rings is 1. The van der Waals surface area contributed by atoms with Gasteiger partial charge in [0.1, 0.15) is 0 Å². The third kappa shape index (κ3) is 6.77. The summed E-state index contributed by atoms with van der Waals surface area (Å²) in [4.78, 5) is 25.2. The Morgan fingerprint density at radius 3 is 1.85 bits per heavy atom. The summed E-state index contributed by atoms with van der Waals surface area (Å²) in [5.74, 6) is -0.943. The predicted octanol–water partition coefficient (Wildman–Crippen LogP) is -0.290. The van der Waals surface area contributed by atoms with E-state index in [0.29, 0.717) is 16.4 Å². The summed E-state index contributed by atoms with van der Waals surface area (Å²) in [5, 5.41) is 44.5. The fraction of sp³-hybridized carbons (Fsp3) is 0.467. The van der Waals surface area contributed by atoms with Gasteiger partial charge in [-0.05, 0) is 67.8 Å². The normalized spacial score (nSPS) is 11.8. The fourth-order valence-electron chi connectivity index (χ4n) is 2.02. The van der Waals surface area contributed by atoms with Gasteiger partial charge in [-0.25, -0.2) is 0 Å². The van der Waals surface area contributed by atoms with Crippen LogP contribution in [0.15, 0.2) is 0 Å². The van der Waals surface area contributed by atoms with E-state index >= 15 is 0 Å². The molecule has 9 nitrogen and oxygen atoms in total. The highest BCUT2D eigenvalue weighted by atomic mass is 127. The number of rotatable bonds is 10. The highest BCUT2D eigenvalue weighted by Gasteiger charge is 2.27. The van der Waals surface area contributed by atoms with Crippen LogP contribution in [0.3, 0.4) is 0 Å². The second kappa shape index (κ2) is 12.5. The summed E-state index contributed by atoms with van der Waals surface area (Å²) < 4.78 is 1.56. The summed E-state index contributed by atoms with van der Waals surface area (Å²) >= 11 is 5.89. The SMILES string of the molecule is O=C(NCCO)c1c(I)c(NCCO)c(I)c(C(=O)NCC(O)CO)c1I. The van der Waals surface area contributed by atoms with Crippen molar-refractivity contribution in [2.45, 2.75) is 6.10 Å². The van der Waals surface area contributed by atoms with E-state index in [1.807, 2.05) is 67.8 Å². The maximum Gasteiger partial charge on any atom is 0.253 e. The number of carbonyl (C=O) groups is 2. The molecule has 1 aromatic carbocycles. The Labute approximate surface area is 197 Å². The maximum absolute atomic E-state index is 12.7. The lowest BCUT2D eigenvalue weighted by Gasteiger charge is -2.20. The molecule has 12 heteroatoms. The number of halogens is 3. The van der Waals surface area contributed by atoms with E-state index < -0.39 is 24.5 Å². The molecule has 27 heavy (non-hydrogen) atoms. The van der Waals surface area contributed by atoms with Crippen LogP contribution in [-0.4, -0.2) is 77.8 Å². The van der Waals surface area contributed by atoms with Crippen LogP contribution < -0.4 is 16.0 Å². The van der Waals surface area contributed by atoms with Gasteiger partial charge < -0.3 is 36.4 Å². The first-order valence-electron chi connectivity index (χ1n) is 7.81. The minimum atomic E-state index is -1.09. The minimum absolute atomic E-state index is 0.0700. The first-order valence-corrected chi connectivity index (χ1v) is 11.0. The number of aliphatic hydroxyl groups is 4. The number of amides is 2. The predicted molar refractivity (Wildman–Crippen MR) is 125 cm³/mol. The molecular weight excluding hydrogens is 699 g/mol. The maximum atomic E-state index is 12.7. The molecule has 152 valence electrons. The Balaban J connectivity index is 3.42. The van der Waals surface area contributed by atoms with Crippen LogP contribution in [0.4, 0.5) is 5.69 Å². The van der Waals surface area contributed by atoms with Gasteiger partial charge in [0.05, 0.1) is 49.9 Å². The van der Waals surface area contributed by atoms with E-state index in [1.165, 1.54) is 0 Å². The van der Waals surface area contributed by atoms with Gasteiger partial charge in [0.15, 0.2) is 0 Å². The average Bonchev–Trinajstić information content (AvgIpc) is 2.64. The zero-order valence-electron chi connectivity index (χ0n) is 14.1. The summed E-state index contributed by atoms with van der Waals surface area (Å²) in [6, 6.07) is 0. The second-order valence-electron chi connectivity index (χ2n) is 5.24. The number of hydrogen-bond acceptors (Lipinski definition) is 7. The lowest BCUT2D eigenvalue weighted by atomic mass is 10.1. The van der Waals surface area contributed by atoms with E-state index in [4.69, 9.17) is 15.3 Å². The number of hydrogen-bond donors (Lipinski definition) is 7. The second-order valence-corrected chi connectivity index (χ2v) is 8.48. The Morgan fingerprint density at radius 2 is 1.37 bits per heavy atom. The van der Waals surface area contributed by atoms with Crippen LogP contribution in [0, 0.1) is 10.7 Å². The molecule has 0 heterocycles. The van der Waals surface area contributed by atoms with Crippen molar-refractivity contribution >= 4 is 85.3 Å². The molecule has 1 atom stereocenters. The largest absolute Gasteiger partial charge is 0.395 e. The first kappa shape index (κ1) is 25.0. The zero-order valence-corrected chi connectivity index (χ0v) is 20.5. The van der Waals surface area contributed by atoms with Crippen molar-refractivity contribution < 1.29 is 30.0 Å². The smallest absolute Gasteiger partial charge is 0.253 e. The van der Waals surface area contributed by atoms with E-state index in [1.54, 1.807) is 0 Å². The molecule has 0 radical (unpaired) electrons. The molecule has 0 spiro atoms. The highest BCUT2D eigenvalue weighted by molar-refractivity contribution is 14.1. The van der Waals surface area contributed by atoms with Crippen molar-refractivity contribution in [2.75, 3.05) is 44.8 Å². The van der Waals surface area contributed by atoms with Crippen molar-refractivity contribution in [3.8, 4) is 0 Å². The molecule has 1 rings (SSSR count). The van der Waals surface area contributed by atoms with E-state index in [2.05, 4.69) is 16.0 Å². The molecule has 0 aliphatic rings. The third-order valence-corrected chi connectivity index (χ3v) is 6.53. The molecule has 7 N–H and O–H groups in total. The first-order chi connectivity index (χ1) is 12.8. The monoisotopic (exact) mass is 719 g/mol. The third-order valence-electron chi connectivity index (χ3n) is 3.29. The highest BCUT2D eigenvalue weighted by Crippen LogP contribution is 2.35. The fourth-order valence-corrected chi connectivity index (χ4v) is 6.55. The van der Waals surface area contributed by atoms with E-state index in [-0.39, 0.29) is 44.0 Å². The van der Waals surface area contributed by atoms with Crippen LogP contribution >= 0.6 is 67.8 Å².